The Bertz CT molecular complexity index is 579. The molecular formula is C21H28N2. The first-order valence-corrected chi connectivity index (χ1v) is 8.80. The number of piperazine rings is 1. The predicted molar refractivity (Wildman–Crippen MR) is 98.8 cm³/mol. The van der Waals surface area contributed by atoms with Crippen LogP contribution < -0.4 is 4.90 Å². The van der Waals surface area contributed by atoms with Gasteiger partial charge in [-0.1, -0.05) is 62.4 Å². The van der Waals surface area contributed by atoms with Crippen molar-refractivity contribution in [3.63, 3.8) is 0 Å². The summed E-state index contributed by atoms with van der Waals surface area (Å²) in [6.07, 6.45) is 1.25. The summed E-state index contributed by atoms with van der Waals surface area (Å²) in [5, 5.41) is 0. The van der Waals surface area contributed by atoms with Crippen LogP contribution >= 0.6 is 0 Å². The van der Waals surface area contributed by atoms with Gasteiger partial charge >= 0.3 is 0 Å². The van der Waals surface area contributed by atoms with Gasteiger partial charge in [-0.15, -0.1) is 0 Å². The maximum Gasteiger partial charge on any atom is 0.0420 e. The molecule has 0 unspecified atom stereocenters. The van der Waals surface area contributed by atoms with Crippen molar-refractivity contribution in [3.8, 4) is 0 Å². The van der Waals surface area contributed by atoms with Gasteiger partial charge in [-0.3, -0.25) is 4.90 Å². The molecule has 1 heterocycles. The summed E-state index contributed by atoms with van der Waals surface area (Å²) in [7, 11) is 0. The Morgan fingerprint density at radius 1 is 0.913 bits per heavy atom. The minimum Gasteiger partial charge on any atom is -0.366 e. The average Bonchev–Trinajstić information content (AvgIpc) is 2.56. The molecule has 23 heavy (non-hydrogen) atoms. The Hall–Kier alpha value is -1.80. The van der Waals surface area contributed by atoms with E-state index in [0.717, 1.165) is 32.1 Å². The predicted octanol–water partition coefficient (Wildman–Crippen LogP) is 4.42. The van der Waals surface area contributed by atoms with Crippen molar-refractivity contribution in [2.45, 2.75) is 32.9 Å². The monoisotopic (exact) mass is 308 g/mol. The molecule has 122 valence electrons. The second kappa shape index (κ2) is 7.65. The number of nitrogens with zero attached hydrogens (tertiary/aromatic N) is 2. The number of benzene rings is 2. The smallest absolute Gasteiger partial charge is 0.0420 e. The highest BCUT2D eigenvalue weighted by atomic mass is 15.3. The second-order valence-corrected chi connectivity index (χ2v) is 7.03. The van der Waals surface area contributed by atoms with Gasteiger partial charge in [-0.25, -0.2) is 0 Å². The highest BCUT2D eigenvalue weighted by Crippen LogP contribution is 2.25. The highest BCUT2D eigenvalue weighted by molar-refractivity contribution is 5.47. The van der Waals surface area contributed by atoms with Gasteiger partial charge < -0.3 is 4.90 Å². The standard InChI is InChI=1S/C21H28N2/c1-18(2)15-21-17-22(16-19-9-5-3-6-10-19)13-14-23(21)20-11-7-4-8-12-20/h3-12,18,21H,13-17H2,1-2H3/t21-/m0/s1. The third-order valence-corrected chi connectivity index (χ3v) is 4.65. The molecule has 0 aromatic heterocycles. The molecule has 0 radical (unpaired) electrons. The summed E-state index contributed by atoms with van der Waals surface area (Å²) in [6, 6.07) is 22.4. The largest absolute Gasteiger partial charge is 0.366 e. The summed E-state index contributed by atoms with van der Waals surface area (Å²) in [5.41, 5.74) is 2.79. The van der Waals surface area contributed by atoms with E-state index in [0.29, 0.717) is 6.04 Å². The lowest BCUT2D eigenvalue weighted by Crippen LogP contribution is -2.53. The summed E-state index contributed by atoms with van der Waals surface area (Å²) in [6.45, 7) is 9.14. The molecule has 2 aromatic carbocycles. The van der Waals surface area contributed by atoms with Crippen LogP contribution in [-0.4, -0.2) is 30.6 Å². The van der Waals surface area contributed by atoms with Crippen LogP contribution in [0.3, 0.4) is 0 Å². The molecule has 2 nitrogen and oxygen atoms in total. The van der Waals surface area contributed by atoms with E-state index in [1.54, 1.807) is 0 Å². The van der Waals surface area contributed by atoms with E-state index in [1.807, 2.05) is 0 Å². The first-order valence-electron chi connectivity index (χ1n) is 8.80. The Kier molecular flexibility index (Phi) is 5.35. The summed E-state index contributed by atoms with van der Waals surface area (Å²) in [5.74, 6) is 0.725. The SMILES string of the molecule is CC(C)C[C@H]1CN(Cc2ccccc2)CCN1c1ccccc1. The van der Waals surface area contributed by atoms with Gasteiger partial charge in [-0.05, 0) is 30.0 Å². The van der Waals surface area contributed by atoms with Gasteiger partial charge in [0.15, 0.2) is 0 Å². The van der Waals surface area contributed by atoms with E-state index < -0.39 is 0 Å². The van der Waals surface area contributed by atoms with Crippen LogP contribution in [0.25, 0.3) is 0 Å². The van der Waals surface area contributed by atoms with E-state index in [1.165, 1.54) is 17.7 Å². The fraction of sp³-hybridized carbons (Fsp3) is 0.429. The van der Waals surface area contributed by atoms with Gasteiger partial charge in [0.1, 0.15) is 0 Å². The van der Waals surface area contributed by atoms with Crippen LogP contribution in [0.5, 0.6) is 0 Å². The summed E-state index contributed by atoms with van der Waals surface area (Å²) < 4.78 is 0. The summed E-state index contributed by atoms with van der Waals surface area (Å²) in [4.78, 5) is 5.23. The molecule has 1 saturated heterocycles. The Morgan fingerprint density at radius 2 is 1.57 bits per heavy atom. The zero-order chi connectivity index (χ0) is 16.1. The second-order valence-electron chi connectivity index (χ2n) is 7.03. The molecule has 1 atom stereocenters. The number of rotatable bonds is 5. The van der Waals surface area contributed by atoms with Crippen molar-refractivity contribution in [1.82, 2.24) is 4.90 Å². The number of para-hydroxylation sites is 1. The molecule has 0 amide bonds. The van der Waals surface area contributed by atoms with Crippen molar-refractivity contribution in [2.75, 3.05) is 24.5 Å². The maximum absolute atomic E-state index is 2.61. The molecule has 2 heteroatoms. The zero-order valence-electron chi connectivity index (χ0n) is 14.4. The van der Waals surface area contributed by atoms with E-state index in [9.17, 15) is 0 Å². The van der Waals surface area contributed by atoms with Crippen LogP contribution in [-0.2, 0) is 6.54 Å². The van der Waals surface area contributed by atoms with Crippen LogP contribution in [0.15, 0.2) is 60.7 Å². The lowest BCUT2D eigenvalue weighted by molar-refractivity contribution is 0.202. The minimum atomic E-state index is 0.606. The fourth-order valence-electron chi connectivity index (χ4n) is 3.61. The van der Waals surface area contributed by atoms with Crippen LogP contribution in [0.2, 0.25) is 0 Å². The Balaban J connectivity index is 1.70. The number of hydrogen-bond donors (Lipinski definition) is 0. The van der Waals surface area contributed by atoms with Crippen molar-refractivity contribution in [2.24, 2.45) is 5.92 Å². The Labute approximate surface area is 140 Å². The van der Waals surface area contributed by atoms with Crippen molar-refractivity contribution in [3.05, 3.63) is 66.2 Å². The van der Waals surface area contributed by atoms with E-state index in [2.05, 4.69) is 84.3 Å². The lowest BCUT2D eigenvalue weighted by Gasteiger charge is -2.43. The molecule has 1 aliphatic rings. The van der Waals surface area contributed by atoms with Crippen molar-refractivity contribution < 1.29 is 0 Å². The van der Waals surface area contributed by atoms with E-state index >= 15 is 0 Å². The summed E-state index contributed by atoms with van der Waals surface area (Å²) >= 11 is 0. The molecule has 0 aliphatic carbocycles. The van der Waals surface area contributed by atoms with Crippen LogP contribution in [0.1, 0.15) is 25.8 Å². The lowest BCUT2D eigenvalue weighted by atomic mass is 9.99. The quantitative estimate of drug-likeness (QED) is 0.806. The maximum atomic E-state index is 2.61. The molecule has 0 saturated carbocycles. The number of hydrogen-bond acceptors (Lipinski definition) is 2. The topological polar surface area (TPSA) is 6.48 Å². The minimum absolute atomic E-state index is 0.606. The molecule has 1 fully saturated rings. The zero-order valence-corrected chi connectivity index (χ0v) is 14.4. The van der Waals surface area contributed by atoms with Crippen molar-refractivity contribution in [1.29, 1.82) is 0 Å². The molecular weight excluding hydrogens is 280 g/mol. The third-order valence-electron chi connectivity index (χ3n) is 4.65. The molecule has 0 N–H and O–H groups in total. The van der Waals surface area contributed by atoms with E-state index in [4.69, 9.17) is 0 Å². The van der Waals surface area contributed by atoms with Crippen LogP contribution in [0.4, 0.5) is 5.69 Å². The first-order chi connectivity index (χ1) is 11.2. The third kappa shape index (κ3) is 4.35. The van der Waals surface area contributed by atoms with Gasteiger partial charge in [0, 0.05) is 37.9 Å². The van der Waals surface area contributed by atoms with Crippen molar-refractivity contribution >= 4 is 5.69 Å². The first kappa shape index (κ1) is 16.1. The van der Waals surface area contributed by atoms with Gasteiger partial charge in [0.05, 0.1) is 0 Å². The molecule has 2 aromatic rings. The van der Waals surface area contributed by atoms with Crippen LogP contribution in [0, 0.1) is 5.92 Å². The highest BCUT2D eigenvalue weighted by Gasteiger charge is 2.27. The molecule has 1 aliphatic heterocycles. The molecule has 0 spiro atoms. The Morgan fingerprint density at radius 3 is 2.22 bits per heavy atom. The van der Waals surface area contributed by atoms with Gasteiger partial charge in [0.25, 0.3) is 0 Å². The number of anilines is 1. The van der Waals surface area contributed by atoms with E-state index in [-0.39, 0.29) is 0 Å². The normalized spacial score (nSPS) is 19.3. The average molecular weight is 308 g/mol. The molecule has 0 bridgehead atoms. The van der Waals surface area contributed by atoms with Gasteiger partial charge in [0.2, 0.25) is 0 Å². The fourth-order valence-corrected chi connectivity index (χ4v) is 3.61. The van der Waals surface area contributed by atoms with Gasteiger partial charge in [-0.2, -0.15) is 0 Å². The molecule has 3 rings (SSSR count).